The molecule has 1 unspecified atom stereocenters. The highest BCUT2D eigenvalue weighted by molar-refractivity contribution is 6.25. The number of phenolic OH excluding ortho intramolecular Hbond substituents is 1. The number of amides is 1. The number of carbonyl (C=O) groups is 3. The maximum Gasteiger partial charge on any atom is 0.255 e. The second kappa shape index (κ2) is 10.9. The molecule has 0 saturated carbocycles. The fraction of sp³-hybridized carbons (Fsp3) is 0.567. The minimum Gasteiger partial charge on any atom is -0.510 e. The third-order valence-electron chi connectivity index (χ3n) is 9.77. The highest BCUT2D eigenvalue weighted by Gasteiger charge is 2.63. The summed E-state index contributed by atoms with van der Waals surface area (Å²) >= 11 is 0. The van der Waals surface area contributed by atoms with Gasteiger partial charge < -0.3 is 36.0 Å². The highest BCUT2D eigenvalue weighted by atomic mass is 16.3. The number of ketones is 2. The lowest BCUT2D eigenvalue weighted by Gasteiger charge is -2.50. The molecule has 13 heteroatoms. The van der Waals surface area contributed by atoms with E-state index in [-0.39, 0.29) is 42.3 Å². The number of aliphatic hydroxyl groups is 3. The number of hydrogen-bond acceptors (Lipinski definition) is 12. The molecule has 1 aromatic rings. The lowest BCUT2D eigenvalue weighted by Crippen LogP contribution is -2.63. The van der Waals surface area contributed by atoms with Crippen molar-refractivity contribution < 1.29 is 34.8 Å². The summed E-state index contributed by atoms with van der Waals surface area (Å²) < 4.78 is 0. The second-order valence-electron chi connectivity index (χ2n) is 12.8. The number of phenols is 1. The van der Waals surface area contributed by atoms with Crippen molar-refractivity contribution in [3.05, 3.63) is 45.4 Å². The van der Waals surface area contributed by atoms with Crippen LogP contribution in [0.4, 0.5) is 5.69 Å². The summed E-state index contributed by atoms with van der Waals surface area (Å²) in [6.45, 7) is 1.97. The number of nitrogens with two attached hydrogens (primary N) is 2. The number of anilines is 1. The van der Waals surface area contributed by atoms with Gasteiger partial charge in [0.1, 0.15) is 22.8 Å². The first-order chi connectivity index (χ1) is 20.1. The number of likely N-dealkylation sites (N-methyl/N-ethyl adjacent to an activating group) is 1. The van der Waals surface area contributed by atoms with Crippen molar-refractivity contribution in [3.63, 3.8) is 0 Å². The lowest BCUT2D eigenvalue weighted by molar-refractivity contribution is -0.148. The van der Waals surface area contributed by atoms with Crippen LogP contribution < -0.4 is 16.5 Å². The predicted molar refractivity (Wildman–Crippen MR) is 158 cm³/mol. The van der Waals surface area contributed by atoms with E-state index in [1.165, 1.54) is 4.90 Å². The van der Waals surface area contributed by atoms with Crippen molar-refractivity contribution in [3.8, 4) is 5.75 Å². The monoisotopic (exact) mass is 598 g/mol. The van der Waals surface area contributed by atoms with E-state index in [9.17, 15) is 34.8 Å². The Hall–Kier alpha value is -3.49. The molecule has 13 nitrogen and oxygen atoms in total. The molecule has 1 aromatic carbocycles. The topological polar surface area (TPSA) is 197 Å². The van der Waals surface area contributed by atoms with Crippen molar-refractivity contribution in [1.82, 2.24) is 14.8 Å². The van der Waals surface area contributed by atoms with Crippen molar-refractivity contribution >= 4 is 23.2 Å². The fourth-order valence-corrected chi connectivity index (χ4v) is 7.53. The molecule has 1 aliphatic heterocycles. The maximum atomic E-state index is 14.2. The van der Waals surface area contributed by atoms with Gasteiger partial charge >= 0.3 is 0 Å². The van der Waals surface area contributed by atoms with E-state index in [0.29, 0.717) is 16.8 Å². The van der Waals surface area contributed by atoms with Gasteiger partial charge in [0.2, 0.25) is 5.78 Å². The van der Waals surface area contributed by atoms with E-state index < -0.39 is 58.0 Å². The van der Waals surface area contributed by atoms with Crippen LogP contribution in [0.3, 0.4) is 0 Å². The SMILES string of the molecule is CN1CCC(N(N)Cc2cc(N(C)C)c3c(c2O)C(=O)C2=C(O)[C@]4(O)C(=O)C(C(N)=O)=C(O)C(N(C)C)[C@@H]4C[C@@H]2C3)CC1. The number of likely N-dealkylation sites (tertiary alicyclic amines) is 1. The van der Waals surface area contributed by atoms with Gasteiger partial charge in [-0.05, 0) is 77.5 Å². The number of piperidine rings is 1. The van der Waals surface area contributed by atoms with Crippen LogP contribution in [0.15, 0.2) is 28.7 Å². The third kappa shape index (κ3) is 4.70. The largest absolute Gasteiger partial charge is 0.510 e. The molecule has 1 fully saturated rings. The molecule has 4 atom stereocenters. The smallest absolute Gasteiger partial charge is 0.255 e. The first-order valence-corrected chi connectivity index (χ1v) is 14.5. The summed E-state index contributed by atoms with van der Waals surface area (Å²) in [5.74, 6) is -0.207. The van der Waals surface area contributed by atoms with Crippen LogP contribution in [0.1, 0.15) is 40.7 Å². The minimum atomic E-state index is -2.68. The summed E-state index contributed by atoms with van der Waals surface area (Å²) in [5.41, 5.74) is 3.43. The summed E-state index contributed by atoms with van der Waals surface area (Å²) in [6.07, 6.45) is 1.98. The Morgan fingerprint density at radius 3 is 2.30 bits per heavy atom. The number of allylic oxidation sites excluding steroid dienone is 1. The molecular weight excluding hydrogens is 556 g/mol. The molecule has 0 radical (unpaired) electrons. The van der Waals surface area contributed by atoms with Crippen LogP contribution in [0.2, 0.25) is 0 Å². The summed E-state index contributed by atoms with van der Waals surface area (Å²) in [7, 11) is 8.91. The molecule has 0 bridgehead atoms. The molecule has 1 heterocycles. The maximum absolute atomic E-state index is 14.2. The Kier molecular flexibility index (Phi) is 7.84. The van der Waals surface area contributed by atoms with Crippen molar-refractivity contribution in [2.24, 2.45) is 23.4 Å². The zero-order chi connectivity index (χ0) is 31.7. The zero-order valence-electron chi connectivity index (χ0n) is 25.3. The van der Waals surface area contributed by atoms with Crippen molar-refractivity contribution in [1.29, 1.82) is 0 Å². The Bertz CT molecular complexity index is 1440. The highest BCUT2D eigenvalue weighted by Crippen LogP contribution is 2.53. The van der Waals surface area contributed by atoms with Gasteiger partial charge in [0.15, 0.2) is 11.4 Å². The van der Waals surface area contributed by atoms with Crippen LogP contribution in [-0.2, 0) is 22.6 Å². The van der Waals surface area contributed by atoms with E-state index in [2.05, 4.69) is 11.9 Å². The average Bonchev–Trinajstić information content (AvgIpc) is 2.92. The van der Waals surface area contributed by atoms with E-state index in [4.69, 9.17) is 11.6 Å². The number of aliphatic hydroxyl groups excluding tert-OH is 2. The molecule has 0 aromatic heterocycles. The Balaban J connectivity index is 1.62. The molecule has 1 amide bonds. The van der Waals surface area contributed by atoms with Crippen molar-refractivity contribution in [2.45, 2.75) is 49.9 Å². The number of nitrogens with zero attached hydrogens (tertiary/aromatic N) is 4. The number of rotatable bonds is 6. The van der Waals surface area contributed by atoms with E-state index in [0.717, 1.165) is 25.9 Å². The second-order valence-corrected chi connectivity index (χ2v) is 12.8. The lowest BCUT2D eigenvalue weighted by atomic mass is 9.58. The number of fused-ring (bicyclic) bond motifs is 3. The average molecular weight is 599 g/mol. The van der Waals surface area contributed by atoms with Crippen LogP contribution in [-0.4, -0.2) is 119 Å². The normalized spacial score (nSPS) is 28.3. The van der Waals surface area contributed by atoms with Gasteiger partial charge in [-0.3, -0.25) is 25.1 Å². The van der Waals surface area contributed by atoms with Gasteiger partial charge in [-0.25, -0.2) is 5.01 Å². The van der Waals surface area contributed by atoms with Gasteiger partial charge in [0, 0.05) is 49.4 Å². The summed E-state index contributed by atoms with van der Waals surface area (Å²) in [5, 5.41) is 47.6. The van der Waals surface area contributed by atoms with Gasteiger partial charge in [-0.15, -0.1) is 0 Å². The molecule has 3 aliphatic carbocycles. The molecule has 5 rings (SSSR count). The van der Waals surface area contributed by atoms with Crippen LogP contribution in [0.25, 0.3) is 0 Å². The first kappa shape index (κ1) is 31.0. The summed E-state index contributed by atoms with van der Waals surface area (Å²) in [4.78, 5) is 45.6. The molecular formula is C30H42N6O7. The number of benzene rings is 1. The minimum absolute atomic E-state index is 0.0150. The Morgan fingerprint density at radius 1 is 1.12 bits per heavy atom. The van der Waals surface area contributed by atoms with E-state index >= 15 is 0 Å². The standard InChI is InChI=1S/C30H42N6O7/c1-33(2)19-12-15(13-36(32)16-6-8-35(5)9-7-16)24(37)21-17(19)10-14-11-18-23(34(3)4)26(39)22(29(31)42)28(41)30(18,43)27(40)20(14)25(21)38/h12,14,16,18,23,37,39-40,43H,6-11,13,32H2,1-5H3,(H2,31,42)/t14-,18-,23?,30-/m0/s1. The predicted octanol–water partition coefficient (Wildman–Crippen LogP) is -0.0435. The number of aromatic hydroxyl groups is 1. The number of hydrogen-bond donors (Lipinski definition) is 6. The summed E-state index contributed by atoms with van der Waals surface area (Å²) in [6, 6.07) is 0.881. The van der Waals surface area contributed by atoms with Crippen molar-refractivity contribution in [2.75, 3.05) is 53.2 Å². The first-order valence-electron chi connectivity index (χ1n) is 14.5. The van der Waals surface area contributed by atoms with Crippen LogP contribution in [0, 0.1) is 11.8 Å². The third-order valence-corrected chi connectivity index (χ3v) is 9.77. The fourth-order valence-electron chi connectivity index (χ4n) is 7.53. The van der Waals surface area contributed by atoms with Gasteiger partial charge in [-0.1, -0.05) is 0 Å². The molecule has 4 aliphatic rings. The van der Waals surface area contributed by atoms with Crippen LogP contribution in [0.5, 0.6) is 5.75 Å². The molecule has 8 N–H and O–H groups in total. The van der Waals surface area contributed by atoms with Gasteiger partial charge in [0.05, 0.1) is 11.6 Å². The van der Waals surface area contributed by atoms with Gasteiger partial charge in [0.25, 0.3) is 5.91 Å². The van der Waals surface area contributed by atoms with Crippen LogP contribution >= 0.6 is 0 Å². The number of carbonyl (C=O) groups excluding carboxylic acids is 3. The molecule has 43 heavy (non-hydrogen) atoms. The van der Waals surface area contributed by atoms with Gasteiger partial charge in [-0.2, -0.15) is 0 Å². The Labute approximate surface area is 250 Å². The number of Topliss-reactive ketones (excluding diaryl/α,β-unsaturated/α-hetero) is 2. The van der Waals surface area contributed by atoms with E-state index in [1.54, 1.807) is 19.1 Å². The quantitative estimate of drug-likeness (QED) is 0.145. The Morgan fingerprint density at radius 2 is 1.74 bits per heavy atom. The molecule has 1 saturated heterocycles. The number of primary amides is 1. The number of hydrazine groups is 1. The zero-order valence-corrected chi connectivity index (χ0v) is 25.3. The van der Waals surface area contributed by atoms with E-state index in [1.807, 2.05) is 25.1 Å². The molecule has 0 spiro atoms. The molecule has 234 valence electrons.